The van der Waals surface area contributed by atoms with E-state index in [9.17, 15) is 15.2 Å². The van der Waals surface area contributed by atoms with Gasteiger partial charge in [0.2, 0.25) is 0 Å². The van der Waals surface area contributed by atoms with Crippen LogP contribution >= 0.6 is 22.6 Å². The van der Waals surface area contributed by atoms with Crippen LogP contribution in [0.4, 0.5) is 11.4 Å². The van der Waals surface area contributed by atoms with Crippen molar-refractivity contribution in [3.63, 3.8) is 0 Å². The van der Waals surface area contributed by atoms with Gasteiger partial charge in [-0.25, -0.2) is 0 Å². The molecule has 0 bridgehead atoms. The fourth-order valence-electron chi connectivity index (χ4n) is 2.11. The molecule has 1 aliphatic rings. The summed E-state index contributed by atoms with van der Waals surface area (Å²) in [5.41, 5.74) is 1.04. The highest BCUT2D eigenvalue weighted by atomic mass is 127. The van der Waals surface area contributed by atoms with Crippen LogP contribution < -0.4 is 4.90 Å². The highest BCUT2D eigenvalue weighted by Gasteiger charge is 2.27. The van der Waals surface area contributed by atoms with Gasteiger partial charge in [-0.3, -0.25) is 10.1 Å². The van der Waals surface area contributed by atoms with E-state index in [-0.39, 0.29) is 24.4 Å². The summed E-state index contributed by atoms with van der Waals surface area (Å²) in [6.07, 6.45) is -0.206. The Morgan fingerprint density at radius 3 is 2.95 bits per heavy atom. The average molecular weight is 378 g/mol. The van der Waals surface area contributed by atoms with Crippen LogP contribution in [0.25, 0.3) is 0 Å². The number of aliphatic hydroxyl groups is 1. The van der Waals surface area contributed by atoms with Crippen molar-refractivity contribution < 1.29 is 14.8 Å². The number of benzene rings is 1. The SMILES string of the molecule is CC1COC(CO)CN1c1ccc([N+](=O)[O-])cc1I. The molecule has 1 aromatic rings. The number of rotatable bonds is 3. The Bertz CT molecular complexity index is 483. The summed E-state index contributed by atoms with van der Waals surface area (Å²) in [7, 11) is 0. The van der Waals surface area contributed by atoms with E-state index in [0.29, 0.717) is 13.2 Å². The van der Waals surface area contributed by atoms with Crippen LogP contribution in [0.1, 0.15) is 6.92 Å². The molecule has 2 atom stereocenters. The minimum absolute atomic E-state index is 0.0211. The summed E-state index contributed by atoms with van der Waals surface area (Å²) in [4.78, 5) is 12.5. The van der Waals surface area contributed by atoms with E-state index in [1.807, 2.05) is 6.92 Å². The van der Waals surface area contributed by atoms with Gasteiger partial charge in [0.15, 0.2) is 0 Å². The van der Waals surface area contributed by atoms with Crippen LogP contribution in [0, 0.1) is 13.7 Å². The van der Waals surface area contributed by atoms with Gasteiger partial charge in [-0.1, -0.05) is 0 Å². The lowest BCUT2D eigenvalue weighted by atomic mass is 10.1. The van der Waals surface area contributed by atoms with E-state index in [1.165, 1.54) is 6.07 Å². The molecule has 1 heterocycles. The molecule has 1 aliphatic heterocycles. The zero-order valence-electron chi connectivity index (χ0n) is 10.5. The normalized spacial score (nSPS) is 23.4. The predicted molar refractivity (Wildman–Crippen MR) is 79.4 cm³/mol. The van der Waals surface area contributed by atoms with Gasteiger partial charge in [-0.05, 0) is 35.6 Å². The molecule has 2 rings (SSSR count). The fraction of sp³-hybridized carbons (Fsp3) is 0.500. The van der Waals surface area contributed by atoms with E-state index in [1.54, 1.807) is 12.1 Å². The molecule has 1 N–H and O–H groups in total. The van der Waals surface area contributed by atoms with E-state index in [0.717, 1.165) is 9.26 Å². The van der Waals surface area contributed by atoms with Crippen molar-refractivity contribution in [2.75, 3.05) is 24.7 Å². The second-order valence-electron chi connectivity index (χ2n) is 4.53. The van der Waals surface area contributed by atoms with Crippen LogP contribution in [-0.4, -0.2) is 41.9 Å². The summed E-state index contributed by atoms with van der Waals surface area (Å²) in [6.45, 7) is 3.14. The molecule has 0 aromatic heterocycles. The van der Waals surface area contributed by atoms with Crippen molar-refractivity contribution in [2.45, 2.75) is 19.1 Å². The van der Waals surface area contributed by atoms with Crippen LogP contribution in [0.3, 0.4) is 0 Å². The number of ether oxygens (including phenoxy) is 1. The standard InChI is InChI=1S/C12H15IN2O4/c1-8-7-19-10(6-16)5-14(8)12-3-2-9(15(17)18)4-11(12)13/h2-4,8,10,16H,5-7H2,1H3. The quantitative estimate of drug-likeness (QED) is 0.493. The second-order valence-corrected chi connectivity index (χ2v) is 5.69. The number of hydrogen-bond donors (Lipinski definition) is 1. The molecule has 1 saturated heterocycles. The molecule has 0 amide bonds. The van der Waals surface area contributed by atoms with E-state index < -0.39 is 4.92 Å². The molecule has 7 heteroatoms. The number of non-ortho nitro benzene ring substituents is 1. The Labute approximate surface area is 124 Å². The molecule has 1 aromatic carbocycles. The number of nitrogens with zero attached hydrogens (tertiary/aromatic N) is 2. The highest BCUT2D eigenvalue weighted by Crippen LogP contribution is 2.30. The molecule has 0 aliphatic carbocycles. The van der Waals surface area contributed by atoms with Gasteiger partial charge >= 0.3 is 0 Å². The lowest BCUT2D eigenvalue weighted by Crippen LogP contribution is -2.49. The smallest absolute Gasteiger partial charge is 0.270 e. The molecule has 6 nitrogen and oxygen atoms in total. The van der Waals surface area contributed by atoms with Gasteiger partial charge in [-0.15, -0.1) is 0 Å². The zero-order chi connectivity index (χ0) is 14.0. The number of morpholine rings is 1. The lowest BCUT2D eigenvalue weighted by Gasteiger charge is -2.39. The maximum atomic E-state index is 10.7. The van der Waals surface area contributed by atoms with Gasteiger partial charge < -0.3 is 14.7 Å². The molecule has 1 fully saturated rings. The molecule has 0 spiro atoms. The first-order valence-corrected chi connectivity index (χ1v) is 7.04. The average Bonchev–Trinajstić information content (AvgIpc) is 2.39. The van der Waals surface area contributed by atoms with Crippen LogP contribution in [0.15, 0.2) is 18.2 Å². The van der Waals surface area contributed by atoms with E-state index >= 15 is 0 Å². The summed E-state index contributed by atoms with van der Waals surface area (Å²) in [6, 6.07) is 5.01. The number of nitro benzene ring substituents is 1. The minimum atomic E-state index is -0.398. The van der Waals surface area contributed by atoms with Gasteiger partial charge in [0, 0.05) is 28.3 Å². The molecular weight excluding hydrogens is 363 g/mol. The monoisotopic (exact) mass is 378 g/mol. The molecule has 2 unspecified atom stereocenters. The number of nitro groups is 1. The Hall–Kier alpha value is -0.930. The zero-order valence-corrected chi connectivity index (χ0v) is 12.6. The topological polar surface area (TPSA) is 75.8 Å². The maximum absolute atomic E-state index is 10.7. The summed E-state index contributed by atoms with van der Waals surface area (Å²) < 4.78 is 6.32. The highest BCUT2D eigenvalue weighted by molar-refractivity contribution is 14.1. The van der Waals surface area contributed by atoms with Crippen molar-refractivity contribution in [1.82, 2.24) is 0 Å². The largest absolute Gasteiger partial charge is 0.394 e. The van der Waals surface area contributed by atoms with Crippen LogP contribution in [0.2, 0.25) is 0 Å². The van der Waals surface area contributed by atoms with Crippen molar-refractivity contribution in [1.29, 1.82) is 0 Å². The van der Waals surface area contributed by atoms with Crippen molar-refractivity contribution in [3.8, 4) is 0 Å². The van der Waals surface area contributed by atoms with Crippen molar-refractivity contribution in [2.24, 2.45) is 0 Å². The van der Waals surface area contributed by atoms with Crippen molar-refractivity contribution >= 4 is 34.0 Å². The molecule has 0 saturated carbocycles. The van der Waals surface area contributed by atoms with Gasteiger partial charge in [-0.2, -0.15) is 0 Å². The first-order chi connectivity index (χ1) is 9.02. The second kappa shape index (κ2) is 6.02. The van der Waals surface area contributed by atoms with E-state index in [4.69, 9.17) is 4.74 Å². The number of anilines is 1. The van der Waals surface area contributed by atoms with Crippen molar-refractivity contribution in [3.05, 3.63) is 31.9 Å². The van der Waals surface area contributed by atoms with Gasteiger partial charge in [0.05, 0.1) is 29.9 Å². The Balaban J connectivity index is 2.27. The van der Waals surface area contributed by atoms with Crippen LogP contribution in [-0.2, 0) is 4.74 Å². The number of halogens is 1. The summed E-state index contributed by atoms with van der Waals surface area (Å²) in [5, 5.41) is 19.9. The van der Waals surface area contributed by atoms with Crippen LogP contribution in [0.5, 0.6) is 0 Å². The van der Waals surface area contributed by atoms with Gasteiger partial charge in [0.1, 0.15) is 0 Å². The summed E-state index contributed by atoms with van der Waals surface area (Å²) in [5.74, 6) is 0. The third kappa shape index (κ3) is 3.15. The molecule has 104 valence electrons. The molecular formula is C12H15IN2O4. The van der Waals surface area contributed by atoms with E-state index in [2.05, 4.69) is 27.5 Å². The lowest BCUT2D eigenvalue weighted by molar-refractivity contribution is -0.384. The Kier molecular flexibility index (Phi) is 4.58. The predicted octanol–water partition coefficient (Wildman–Crippen LogP) is 1.79. The first-order valence-electron chi connectivity index (χ1n) is 5.96. The Morgan fingerprint density at radius 1 is 1.63 bits per heavy atom. The molecule has 19 heavy (non-hydrogen) atoms. The molecule has 0 radical (unpaired) electrons. The third-order valence-corrected chi connectivity index (χ3v) is 4.02. The minimum Gasteiger partial charge on any atom is -0.394 e. The third-order valence-electron chi connectivity index (χ3n) is 3.16. The first kappa shape index (κ1) is 14.5. The number of aliphatic hydroxyl groups excluding tert-OH is 1. The van der Waals surface area contributed by atoms with Gasteiger partial charge in [0.25, 0.3) is 5.69 Å². The Morgan fingerprint density at radius 2 is 2.37 bits per heavy atom. The summed E-state index contributed by atoms with van der Waals surface area (Å²) >= 11 is 2.10. The fourth-order valence-corrected chi connectivity index (χ4v) is 2.91. The number of hydrogen-bond acceptors (Lipinski definition) is 5. The maximum Gasteiger partial charge on any atom is 0.270 e.